The number of nitrogens with zero attached hydrogens (tertiary/aromatic N) is 4. The Hall–Kier alpha value is -2.16. The van der Waals surface area contributed by atoms with Crippen molar-refractivity contribution in [3.8, 4) is 0 Å². The summed E-state index contributed by atoms with van der Waals surface area (Å²) in [5.74, 6) is 1.16. The molecular formula is C28H44N4O4. The maximum Gasteiger partial charge on any atom is 0.410 e. The van der Waals surface area contributed by atoms with Gasteiger partial charge in [0.15, 0.2) is 0 Å². The predicted molar refractivity (Wildman–Crippen MR) is 140 cm³/mol. The second-order valence-corrected chi connectivity index (χ2v) is 11.6. The van der Waals surface area contributed by atoms with Crippen LogP contribution in [0.3, 0.4) is 0 Å². The molecule has 4 rings (SSSR count). The molecule has 1 aromatic carbocycles. The van der Waals surface area contributed by atoms with Gasteiger partial charge in [-0.15, -0.1) is 5.06 Å². The summed E-state index contributed by atoms with van der Waals surface area (Å²) in [6, 6.07) is 9.21. The van der Waals surface area contributed by atoms with E-state index in [9.17, 15) is 9.59 Å². The smallest absolute Gasteiger partial charge is 0.410 e. The van der Waals surface area contributed by atoms with E-state index in [1.807, 2.05) is 48.9 Å². The zero-order valence-electron chi connectivity index (χ0n) is 22.4. The number of rotatable bonds is 6. The van der Waals surface area contributed by atoms with Crippen LogP contribution in [0.5, 0.6) is 0 Å². The molecule has 3 aliphatic rings. The number of hydroxylamine groups is 2. The molecule has 0 aromatic heterocycles. The van der Waals surface area contributed by atoms with Gasteiger partial charge in [0.2, 0.25) is 0 Å². The van der Waals surface area contributed by atoms with E-state index in [4.69, 9.17) is 9.57 Å². The summed E-state index contributed by atoms with van der Waals surface area (Å²) in [5.41, 5.74) is 0.168. The van der Waals surface area contributed by atoms with Gasteiger partial charge in [0, 0.05) is 52.4 Å². The highest BCUT2D eigenvalue weighted by Gasteiger charge is 2.29. The highest BCUT2D eigenvalue weighted by molar-refractivity contribution is 5.89. The van der Waals surface area contributed by atoms with Crippen LogP contribution in [0.2, 0.25) is 0 Å². The van der Waals surface area contributed by atoms with Crippen LogP contribution in [0.1, 0.15) is 56.8 Å². The van der Waals surface area contributed by atoms with Crippen molar-refractivity contribution in [2.45, 2.75) is 52.1 Å². The van der Waals surface area contributed by atoms with Crippen molar-refractivity contribution in [1.29, 1.82) is 0 Å². The first-order valence-electron chi connectivity index (χ1n) is 13.7. The highest BCUT2D eigenvalue weighted by Crippen LogP contribution is 2.24. The standard InChI is InChI=1S/C28H44N4O4/c1-28(2,3)35-27(34)31-19-17-30(18-20-31)22-23-9-13-29(14-10-23)21-24-11-15-32(16-12-24)36-26(33)25-7-5-4-6-8-25/h4-8,23-24H,9-22H2,1-3H3. The lowest BCUT2D eigenvalue weighted by molar-refractivity contribution is -0.127. The van der Waals surface area contributed by atoms with Crippen LogP contribution < -0.4 is 0 Å². The number of ether oxygens (including phenoxy) is 1. The Labute approximate surface area is 216 Å². The minimum Gasteiger partial charge on any atom is -0.444 e. The SMILES string of the molecule is CC(C)(C)OC(=O)N1CCN(CC2CCN(CC3CCN(OC(=O)c4ccccc4)CC3)CC2)CC1. The maximum absolute atomic E-state index is 12.3. The molecule has 200 valence electrons. The second kappa shape index (κ2) is 12.4. The minimum absolute atomic E-state index is 0.185. The lowest BCUT2D eigenvalue weighted by Gasteiger charge is -2.40. The van der Waals surface area contributed by atoms with Gasteiger partial charge in [-0.3, -0.25) is 4.90 Å². The fourth-order valence-electron chi connectivity index (χ4n) is 5.45. The minimum atomic E-state index is -0.436. The van der Waals surface area contributed by atoms with Gasteiger partial charge in [0.25, 0.3) is 0 Å². The van der Waals surface area contributed by atoms with Crippen molar-refractivity contribution < 1.29 is 19.2 Å². The van der Waals surface area contributed by atoms with Crippen LogP contribution in [-0.2, 0) is 9.57 Å². The molecule has 1 amide bonds. The van der Waals surface area contributed by atoms with Crippen LogP contribution in [0, 0.1) is 11.8 Å². The molecule has 0 saturated carbocycles. The quantitative estimate of drug-likeness (QED) is 0.590. The fourth-order valence-corrected chi connectivity index (χ4v) is 5.45. The molecule has 1 aromatic rings. The molecule has 0 N–H and O–H groups in total. The molecule has 0 aliphatic carbocycles. The van der Waals surface area contributed by atoms with Crippen LogP contribution in [0.25, 0.3) is 0 Å². The molecule has 0 unspecified atom stereocenters. The summed E-state index contributed by atoms with van der Waals surface area (Å²) in [4.78, 5) is 37.2. The summed E-state index contributed by atoms with van der Waals surface area (Å²) >= 11 is 0. The Morgan fingerprint density at radius 1 is 0.778 bits per heavy atom. The van der Waals surface area contributed by atoms with E-state index >= 15 is 0 Å². The maximum atomic E-state index is 12.3. The first kappa shape index (κ1) is 26.9. The van der Waals surface area contributed by atoms with Crippen LogP contribution >= 0.6 is 0 Å². The zero-order chi connectivity index (χ0) is 25.5. The van der Waals surface area contributed by atoms with Crippen LogP contribution in [-0.4, -0.2) is 103 Å². The van der Waals surface area contributed by atoms with E-state index in [-0.39, 0.29) is 12.1 Å². The van der Waals surface area contributed by atoms with Gasteiger partial charge in [-0.1, -0.05) is 18.2 Å². The molecule has 8 heteroatoms. The third-order valence-corrected chi connectivity index (χ3v) is 7.56. The van der Waals surface area contributed by atoms with Crippen molar-refractivity contribution in [3.63, 3.8) is 0 Å². The number of hydrogen-bond acceptors (Lipinski definition) is 7. The van der Waals surface area contributed by atoms with Gasteiger partial charge in [-0.25, -0.2) is 9.59 Å². The van der Waals surface area contributed by atoms with E-state index < -0.39 is 5.60 Å². The first-order chi connectivity index (χ1) is 17.2. The summed E-state index contributed by atoms with van der Waals surface area (Å²) in [6.45, 7) is 15.4. The largest absolute Gasteiger partial charge is 0.444 e. The molecule has 0 atom stereocenters. The molecule has 0 radical (unpaired) electrons. The average molecular weight is 501 g/mol. The molecular weight excluding hydrogens is 456 g/mol. The van der Waals surface area contributed by atoms with Gasteiger partial charge in [0.05, 0.1) is 5.56 Å². The molecule has 3 fully saturated rings. The third kappa shape index (κ3) is 8.18. The molecule has 36 heavy (non-hydrogen) atoms. The Morgan fingerprint density at radius 2 is 1.31 bits per heavy atom. The predicted octanol–water partition coefficient (Wildman–Crippen LogP) is 3.74. The van der Waals surface area contributed by atoms with Crippen molar-refractivity contribution in [2.75, 3.05) is 65.4 Å². The van der Waals surface area contributed by atoms with Crippen molar-refractivity contribution in [2.24, 2.45) is 11.8 Å². The molecule has 3 heterocycles. The lowest BCUT2D eigenvalue weighted by atomic mass is 9.92. The number of piperidine rings is 2. The third-order valence-electron chi connectivity index (χ3n) is 7.56. The summed E-state index contributed by atoms with van der Waals surface area (Å²) in [6.07, 6.45) is 4.46. The molecule has 3 saturated heterocycles. The number of likely N-dealkylation sites (tertiary alicyclic amines) is 1. The van der Waals surface area contributed by atoms with Crippen molar-refractivity contribution in [1.82, 2.24) is 19.8 Å². The van der Waals surface area contributed by atoms with Crippen LogP contribution in [0.4, 0.5) is 4.79 Å². The van der Waals surface area contributed by atoms with Gasteiger partial charge >= 0.3 is 12.1 Å². The molecule has 3 aliphatic heterocycles. The van der Waals surface area contributed by atoms with E-state index in [0.717, 1.165) is 71.1 Å². The summed E-state index contributed by atoms with van der Waals surface area (Å²) < 4.78 is 5.52. The number of amides is 1. The van der Waals surface area contributed by atoms with Gasteiger partial charge < -0.3 is 19.4 Å². The number of carbonyl (C=O) groups is 2. The number of benzene rings is 1. The average Bonchev–Trinajstić information content (AvgIpc) is 2.86. The summed E-state index contributed by atoms with van der Waals surface area (Å²) in [5, 5.41) is 1.83. The second-order valence-electron chi connectivity index (χ2n) is 11.6. The van der Waals surface area contributed by atoms with Crippen LogP contribution in [0.15, 0.2) is 30.3 Å². The van der Waals surface area contributed by atoms with Gasteiger partial charge in [-0.05, 0) is 83.5 Å². The Kier molecular flexibility index (Phi) is 9.25. The molecule has 8 nitrogen and oxygen atoms in total. The van der Waals surface area contributed by atoms with Crippen molar-refractivity contribution >= 4 is 12.1 Å². The molecule has 0 spiro atoms. The monoisotopic (exact) mass is 500 g/mol. The lowest BCUT2D eigenvalue weighted by Crippen LogP contribution is -2.51. The van der Waals surface area contributed by atoms with E-state index in [0.29, 0.717) is 11.5 Å². The number of carbonyl (C=O) groups excluding carboxylic acids is 2. The van der Waals surface area contributed by atoms with Crippen molar-refractivity contribution in [3.05, 3.63) is 35.9 Å². The fraction of sp³-hybridized carbons (Fsp3) is 0.714. The Bertz CT molecular complexity index is 835. The Morgan fingerprint density at radius 3 is 1.86 bits per heavy atom. The number of piperazine rings is 1. The van der Waals surface area contributed by atoms with Gasteiger partial charge in [0.1, 0.15) is 5.60 Å². The Balaban J connectivity index is 1.09. The van der Waals surface area contributed by atoms with Gasteiger partial charge in [-0.2, -0.15) is 0 Å². The highest BCUT2D eigenvalue weighted by atomic mass is 16.7. The first-order valence-corrected chi connectivity index (χ1v) is 13.7. The number of hydrogen-bond donors (Lipinski definition) is 0. The topological polar surface area (TPSA) is 65.6 Å². The summed E-state index contributed by atoms with van der Waals surface area (Å²) in [7, 11) is 0. The van der Waals surface area contributed by atoms with E-state index in [1.54, 1.807) is 12.1 Å². The zero-order valence-corrected chi connectivity index (χ0v) is 22.4. The van der Waals surface area contributed by atoms with E-state index in [1.165, 1.54) is 25.9 Å². The molecule has 0 bridgehead atoms. The normalized spacial score (nSPS) is 21.9. The van der Waals surface area contributed by atoms with E-state index in [2.05, 4.69) is 9.80 Å².